The van der Waals surface area contributed by atoms with Gasteiger partial charge in [-0.1, -0.05) is 9.24 Å². The molecule has 6 heteroatoms. The molecule has 0 fully saturated rings. The van der Waals surface area contributed by atoms with Crippen molar-refractivity contribution in [1.82, 2.24) is 0 Å². The Bertz CT molecular complexity index is 368. The molecule has 0 radical (unpaired) electrons. The van der Waals surface area contributed by atoms with E-state index in [-0.39, 0.29) is 0 Å². The van der Waals surface area contributed by atoms with E-state index in [0.717, 1.165) is 16.6 Å². The Labute approximate surface area is 95.2 Å². The molecule has 0 aliphatic carbocycles. The van der Waals surface area contributed by atoms with Crippen molar-refractivity contribution in [2.45, 2.75) is 12.4 Å². The highest BCUT2D eigenvalue weighted by atomic mass is 31.0. The van der Waals surface area contributed by atoms with Crippen LogP contribution in [0.3, 0.4) is 0 Å². The number of alkyl halides is 1. The quantitative estimate of drug-likeness (QED) is 0.633. The zero-order chi connectivity index (χ0) is 11.6. The predicted octanol–water partition coefficient (Wildman–Crippen LogP) is 1.00. The highest BCUT2D eigenvalue weighted by Gasteiger charge is 2.18. The number of ether oxygens (including phenoxy) is 1. The van der Waals surface area contributed by atoms with Crippen LogP contribution in [0.15, 0.2) is 12.1 Å². The van der Waals surface area contributed by atoms with E-state index >= 15 is 0 Å². The first-order chi connectivity index (χ1) is 6.83. The van der Waals surface area contributed by atoms with Gasteiger partial charge >= 0.3 is 0 Å². The van der Waals surface area contributed by atoms with Gasteiger partial charge in [-0.3, -0.25) is 0 Å². The molecule has 1 aromatic rings. The van der Waals surface area contributed by atoms with Gasteiger partial charge in [0.05, 0.1) is 0 Å². The number of nitrogens with one attached hydrogen (secondary N) is 1. The summed E-state index contributed by atoms with van der Waals surface area (Å²) in [7, 11) is 7.75. The lowest BCUT2D eigenvalue weighted by Gasteiger charge is -2.20. The second kappa shape index (κ2) is 4.68. The first-order valence-corrected chi connectivity index (χ1v) is 5.73. The van der Waals surface area contributed by atoms with Crippen LogP contribution >= 0.6 is 18.5 Å². The van der Waals surface area contributed by atoms with Crippen molar-refractivity contribution in [3.63, 3.8) is 0 Å². The Balaban J connectivity index is 3.05. The predicted molar refractivity (Wildman–Crippen MR) is 72.8 cm³/mol. The lowest BCUT2D eigenvalue weighted by molar-refractivity contribution is 0.111. The number of benzene rings is 1. The molecule has 0 amide bonds. The van der Waals surface area contributed by atoms with Gasteiger partial charge in [0.1, 0.15) is 5.75 Å². The molecule has 1 aromatic carbocycles. The SMILES string of the molecule is BC(F)(P)Oc1cc(C)c(NC)cc1P. The molecule has 0 bridgehead atoms. The van der Waals surface area contributed by atoms with Gasteiger partial charge in [-0.15, -0.1) is 9.24 Å². The molecule has 0 aliphatic heterocycles. The molecule has 82 valence electrons. The fraction of sp³-hybridized carbons (Fsp3) is 0.333. The maximum Gasteiger partial charge on any atom is 0.215 e. The van der Waals surface area contributed by atoms with Crippen molar-refractivity contribution in [3.8, 4) is 5.75 Å². The summed E-state index contributed by atoms with van der Waals surface area (Å²) >= 11 is 0. The van der Waals surface area contributed by atoms with Gasteiger partial charge in [-0.2, -0.15) is 0 Å². The van der Waals surface area contributed by atoms with Crippen molar-refractivity contribution in [2.24, 2.45) is 0 Å². The van der Waals surface area contributed by atoms with Gasteiger partial charge in [0, 0.05) is 18.0 Å². The fourth-order valence-corrected chi connectivity index (χ4v) is 1.71. The standard InChI is InChI=1S/C9H15BFNOP2/c1-5-3-7(13-9(10,11)15)8(14)4-6(5)12-2/h3-4,12H,10,14-15H2,1-2H3. The van der Waals surface area contributed by atoms with E-state index in [0.29, 0.717) is 5.75 Å². The van der Waals surface area contributed by atoms with Gasteiger partial charge in [0.15, 0.2) is 0 Å². The smallest absolute Gasteiger partial charge is 0.215 e. The molecule has 2 nitrogen and oxygen atoms in total. The van der Waals surface area contributed by atoms with E-state index in [4.69, 9.17) is 4.74 Å². The number of anilines is 1. The van der Waals surface area contributed by atoms with Gasteiger partial charge in [0.2, 0.25) is 13.3 Å². The highest BCUT2D eigenvalue weighted by molar-refractivity contribution is 7.27. The normalized spacial score (nSPS) is 14.5. The summed E-state index contributed by atoms with van der Waals surface area (Å²) in [5.41, 5.74) is 0.295. The van der Waals surface area contributed by atoms with E-state index in [1.807, 2.05) is 35.3 Å². The second-order valence-electron chi connectivity index (χ2n) is 3.54. The molecule has 3 atom stereocenters. The van der Waals surface area contributed by atoms with Crippen molar-refractivity contribution in [2.75, 3.05) is 12.4 Å². The molecular weight excluding hydrogens is 230 g/mol. The Morgan fingerprint density at radius 2 is 2.13 bits per heavy atom. The van der Waals surface area contributed by atoms with Crippen LogP contribution in [-0.2, 0) is 0 Å². The van der Waals surface area contributed by atoms with Crippen molar-refractivity contribution in [1.29, 1.82) is 0 Å². The summed E-state index contributed by atoms with van der Waals surface area (Å²) in [6, 6.07) is 3.72. The molecular formula is C9H15BFNOP2. The van der Waals surface area contributed by atoms with Crippen LogP contribution in [0.4, 0.5) is 10.1 Å². The van der Waals surface area contributed by atoms with Crippen LogP contribution in [0.1, 0.15) is 5.56 Å². The maximum absolute atomic E-state index is 13.3. The molecule has 1 N–H and O–H groups in total. The molecule has 0 spiro atoms. The van der Waals surface area contributed by atoms with Crippen LogP contribution in [0.25, 0.3) is 0 Å². The minimum Gasteiger partial charge on any atom is -0.463 e. The van der Waals surface area contributed by atoms with Crippen LogP contribution in [0.2, 0.25) is 0 Å². The summed E-state index contributed by atoms with van der Waals surface area (Å²) in [4.78, 5) is 0. The van der Waals surface area contributed by atoms with Gasteiger partial charge in [-0.25, -0.2) is 4.39 Å². The van der Waals surface area contributed by atoms with Gasteiger partial charge in [0.25, 0.3) is 0 Å². The molecule has 0 aliphatic rings. The van der Waals surface area contributed by atoms with Gasteiger partial charge < -0.3 is 10.1 Å². The van der Waals surface area contributed by atoms with E-state index in [1.165, 1.54) is 7.85 Å². The van der Waals surface area contributed by atoms with E-state index in [2.05, 4.69) is 14.6 Å². The summed E-state index contributed by atoms with van der Waals surface area (Å²) in [6.45, 7) is 1.95. The third kappa shape index (κ3) is 3.63. The van der Waals surface area contributed by atoms with Crippen molar-refractivity contribution in [3.05, 3.63) is 17.7 Å². The minimum atomic E-state index is -1.74. The van der Waals surface area contributed by atoms with E-state index in [9.17, 15) is 4.39 Å². The Kier molecular flexibility index (Phi) is 3.97. The average Bonchev–Trinajstić information content (AvgIpc) is 2.08. The number of halogens is 1. The topological polar surface area (TPSA) is 21.3 Å². The number of aryl methyl sites for hydroxylation is 1. The maximum atomic E-state index is 13.3. The molecule has 0 aromatic heterocycles. The summed E-state index contributed by atoms with van der Waals surface area (Å²) in [5, 5.41) is 3.89. The third-order valence-corrected chi connectivity index (χ3v) is 2.50. The Morgan fingerprint density at radius 1 is 1.53 bits per heavy atom. The molecule has 15 heavy (non-hydrogen) atoms. The Hall–Kier alpha value is -0.325. The summed E-state index contributed by atoms with van der Waals surface area (Å²) in [5.74, 6) is 0.538. The number of hydrogen-bond acceptors (Lipinski definition) is 2. The van der Waals surface area contributed by atoms with E-state index in [1.54, 1.807) is 0 Å². The number of hydrogen-bond donors (Lipinski definition) is 1. The van der Waals surface area contributed by atoms with Crippen LogP contribution in [-0.4, -0.2) is 20.4 Å². The highest BCUT2D eigenvalue weighted by Crippen LogP contribution is 2.26. The largest absolute Gasteiger partial charge is 0.463 e. The fourth-order valence-electron chi connectivity index (χ4n) is 1.27. The monoisotopic (exact) mass is 245 g/mol. The first kappa shape index (κ1) is 12.7. The lowest BCUT2D eigenvalue weighted by atomic mass is 10.1. The van der Waals surface area contributed by atoms with Crippen LogP contribution in [0, 0.1) is 6.92 Å². The Morgan fingerprint density at radius 3 is 2.60 bits per heavy atom. The number of rotatable bonds is 3. The lowest BCUT2D eigenvalue weighted by Crippen LogP contribution is -2.24. The third-order valence-electron chi connectivity index (χ3n) is 1.94. The average molecular weight is 245 g/mol. The molecule has 0 saturated carbocycles. The zero-order valence-corrected chi connectivity index (χ0v) is 11.4. The first-order valence-electron chi connectivity index (χ1n) is 4.58. The summed E-state index contributed by atoms with van der Waals surface area (Å²) in [6.07, 6.45) is 0. The molecule has 3 unspecified atom stereocenters. The molecule has 0 saturated heterocycles. The molecule has 0 heterocycles. The summed E-state index contributed by atoms with van der Waals surface area (Å²) < 4.78 is 18.4. The minimum absolute atomic E-state index is 0.538. The van der Waals surface area contributed by atoms with E-state index < -0.39 is 5.50 Å². The van der Waals surface area contributed by atoms with Crippen molar-refractivity contribution < 1.29 is 9.13 Å². The zero-order valence-electron chi connectivity index (χ0n) is 9.10. The molecule has 1 rings (SSSR count). The second-order valence-corrected chi connectivity index (χ2v) is 5.20. The van der Waals surface area contributed by atoms with Gasteiger partial charge in [-0.05, 0) is 24.6 Å². The van der Waals surface area contributed by atoms with Crippen molar-refractivity contribution >= 4 is 37.3 Å². The van der Waals surface area contributed by atoms with Crippen LogP contribution < -0.4 is 15.4 Å². The van der Waals surface area contributed by atoms with Crippen LogP contribution in [0.5, 0.6) is 5.75 Å².